The molecular formula is C15H21N5O. The van der Waals surface area contributed by atoms with Crippen molar-refractivity contribution in [2.45, 2.75) is 33.7 Å². The number of nitrogen functional groups attached to an aromatic ring is 1. The van der Waals surface area contributed by atoms with Crippen LogP contribution in [0.2, 0.25) is 0 Å². The van der Waals surface area contributed by atoms with Crippen molar-refractivity contribution < 1.29 is 4.74 Å². The average molecular weight is 287 g/mol. The lowest BCUT2D eigenvalue weighted by Gasteiger charge is -2.09. The van der Waals surface area contributed by atoms with Gasteiger partial charge in [-0.2, -0.15) is 0 Å². The van der Waals surface area contributed by atoms with Crippen molar-refractivity contribution in [2.75, 3.05) is 12.8 Å². The summed E-state index contributed by atoms with van der Waals surface area (Å²) in [5.41, 5.74) is 7.70. The summed E-state index contributed by atoms with van der Waals surface area (Å²) in [6.45, 7) is 8.97. The van der Waals surface area contributed by atoms with Crippen LogP contribution in [-0.2, 0) is 0 Å². The molecule has 0 atom stereocenters. The highest BCUT2D eigenvalue weighted by molar-refractivity contribution is 5.65. The van der Waals surface area contributed by atoms with Gasteiger partial charge in [0, 0.05) is 5.56 Å². The van der Waals surface area contributed by atoms with Crippen LogP contribution >= 0.6 is 0 Å². The zero-order valence-corrected chi connectivity index (χ0v) is 13.1. The number of hydrogen-bond acceptors (Lipinski definition) is 5. The first kappa shape index (κ1) is 13.9. The monoisotopic (exact) mass is 287 g/mol. The maximum absolute atomic E-state index is 5.87. The van der Waals surface area contributed by atoms with Gasteiger partial charge in [-0.05, 0) is 39.5 Å². The van der Waals surface area contributed by atoms with E-state index in [-0.39, 0.29) is 16.9 Å². The van der Waals surface area contributed by atoms with Gasteiger partial charge in [-0.3, -0.25) is 0 Å². The van der Waals surface area contributed by atoms with Crippen LogP contribution in [-0.4, -0.2) is 27.3 Å². The maximum Gasteiger partial charge on any atom is 0.182 e. The van der Waals surface area contributed by atoms with Crippen molar-refractivity contribution in [3.05, 3.63) is 18.2 Å². The molecule has 1 aromatic heterocycles. The van der Waals surface area contributed by atoms with E-state index in [1.54, 1.807) is 7.11 Å². The first-order valence-corrected chi connectivity index (χ1v) is 7.02. The van der Waals surface area contributed by atoms with Crippen LogP contribution in [0.1, 0.15) is 33.7 Å². The second kappa shape index (κ2) is 4.19. The molecule has 0 radical (unpaired) electrons. The molecule has 2 aromatic rings. The Kier molecular flexibility index (Phi) is 2.77. The minimum Gasteiger partial charge on any atom is -0.495 e. The second-order valence-electron chi connectivity index (χ2n) is 6.75. The number of anilines is 1. The van der Waals surface area contributed by atoms with Gasteiger partial charge in [-0.15, -0.1) is 5.10 Å². The fourth-order valence-electron chi connectivity index (χ4n) is 3.18. The van der Waals surface area contributed by atoms with Crippen LogP contribution in [0.3, 0.4) is 0 Å². The third-order valence-corrected chi connectivity index (χ3v) is 5.17. The van der Waals surface area contributed by atoms with Gasteiger partial charge in [0.15, 0.2) is 5.82 Å². The van der Waals surface area contributed by atoms with Crippen LogP contribution in [0.5, 0.6) is 5.75 Å². The lowest BCUT2D eigenvalue weighted by atomic mass is 10.0. The van der Waals surface area contributed by atoms with Crippen molar-refractivity contribution in [3.8, 4) is 17.1 Å². The van der Waals surface area contributed by atoms with Crippen LogP contribution in [0, 0.1) is 10.8 Å². The van der Waals surface area contributed by atoms with Crippen molar-refractivity contribution in [1.82, 2.24) is 20.2 Å². The summed E-state index contributed by atoms with van der Waals surface area (Å²) in [7, 11) is 1.60. The van der Waals surface area contributed by atoms with Gasteiger partial charge < -0.3 is 10.5 Å². The Morgan fingerprint density at radius 3 is 2.43 bits per heavy atom. The number of methoxy groups -OCH3 is 1. The highest BCUT2D eigenvalue weighted by Gasteiger charge is 2.67. The average Bonchev–Trinajstić information content (AvgIpc) is 2.78. The van der Waals surface area contributed by atoms with E-state index >= 15 is 0 Å². The Morgan fingerprint density at radius 2 is 1.86 bits per heavy atom. The highest BCUT2D eigenvalue weighted by atomic mass is 16.5. The van der Waals surface area contributed by atoms with Gasteiger partial charge in [-0.1, -0.05) is 27.7 Å². The molecule has 0 aliphatic heterocycles. The number of benzene rings is 1. The summed E-state index contributed by atoms with van der Waals surface area (Å²) in [5, 5.41) is 12.3. The van der Waals surface area contributed by atoms with Crippen LogP contribution < -0.4 is 10.5 Å². The molecule has 0 saturated heterocycles. The zero-order valence-electron chi connectivity index (χ0n) is 13.1. The molecule has 21 heavy (non-hydrogen) atoms. The van der Waals surface area contributed by atoms with Crippen LogP contribution in [0.25, 0.3) is 11.4 Å². The molecule has 0 unspecified atom stereocenters. The number of ether oxygens (including phenoxy) is 1. The number of nitrogens with two attached hydrogens (primary N) is 1. The van der Waals surface area contributed by atoms with E-state index in [9.17, 15) is 0 Å². The smallest absolute Gasteiger partial charge is 0.182 e. The third-order valence-electron chi connectivity index (χ3n) is 5.17. The summed E-state index contributed by atoms with van der Waals surface area (Å²) >= 11 is 0. The quantitative estimate of drug-likeness (QED) is 0.878. The van der Waals surface area contributed by atoms with E-state index in [0.29, 0.717) is 11.4 Å². The molecule has 3 rings (SSSR count). The number of nitrogens with zero attached hydrogens (tertiary/aromatic N) is 4. The van der Waals surface area contributed by atoms with Crippen LogP contribution in [0.4, 0.5) is 5.69 Å². The molecule has 6 nitrogen and oxygen atoms in total. The fourth-order valence-corrected chi connectivity index (χ4v) is 3.18. The standard InChI is InChI=1S/C15H21N5O/c1-14(2)13(15(14,3)4)20-12(17-18-19-20)9-6-7-10(16)11(8-9)21-5/h6-8,13H,16H2,1-5H3. The number of tetrazole rings is 1. The zero-order chi connectivity index (χ0) is 15.4. The van der Waals surface area contributed by atoms with Gasteiger partial charge in [0.1, 0.15) is 5.75 Å². The van der Waals surface area contributed by atoms with E-state index in [0.717, 1.165) is 11.4 Å². The Bertz CT molecular complexity index is 675. The molecule has 1 heterocycles. The molecule has 2 N–H and O–H groups in total. The van der Waals surface area contributed by atoms with Crippen molar-refractivity contribution in [1.29, 1.82) is 0 Å². The third kappa shape index (κ3) is 1.81. The van der Waals surface area contributed by atoms with E-state index in [1.807, 2.05) is 22.9 Å². The Balaban J connectivity index is 2.05. The molecule has 0 bridgehead atoms. The molecule has 6 heteroatoms. The molecule has 1 aromatic carbocycles. The van der Waals surface area contributed by atoms with Gasteiger partial charge in [0.25, 0.3) is 0 Å². The van der Waals surface area contributed by atoms with Crippen molar-refractivity contribution in [2.24, 2.45) is 10.8 Å². The first-order chi connectivity index (χ1) is 9.80. The molecule has 1 aliphatic rings. The second-order valence-corrected chi connectivity index (χ2v) is 6.75. The van der Waals surface area contributed by atoms with Gasteiger partial charge in [0.05, 0.1) is 18.8 Å². The molecule has 112 valence electrons. The molecule has 0 amide bonds. The topological polar surface area (TPSA) is 78.9 Å². The van der Waals surface area contributed by atoms with Crippen molar-refractivity contribution >= 4 is 5.69 Å². The lowest BCUT2D eigenvalue weighted by molar-refractivity contribution is 0.417. The molecule has 1 fully saturated rings. The first-order valence-electron chi connectivity index (χ1n) is 7.02. The minimum absolute atomic E-state index is 0.162. The summed E-state index contributed by atoms with van der Waals surface area (Å²) in [5.74, 6) is 1.38. The minimum atomic E-state index is 0.162. The summed E-state index contributed by atoms with van der Waals surface area (Å²) in [6, 6.07) is 5.89. The predicted molar refractivity (Wildman–Crippen MR) is 80.8 cm³/mol. The normalized spacial score (nSPS) is 19.5. The molecule has 0 spiro atoms. The fraction of sp³-hybridized carbons (Fsp3) is 0.533. The summed E-state index contributed by atoms with van der Waals surface area (Å²) in [4.78, 5) is 0. The summed E-state index contributed by atoms with van der Waals surface area (Å²) in [6.07, 6.45) is 0. The van der Waals surface area contributed by atoms with E-state index in [4.69, 9.17) is 10.5 Å². The van der Waals surface area contributed by atoms with E-state index in [2.05, 4.69) is 43.2 Å². The Morgan fingerprint density at radius 1 is 1.19 bits per heavy atom. The van der Waals surface area contributed by atoms with Crippen LogP contribution in [0.15, 0.2) is 18.2 Å². The largest absolute Gasteiger partial charge is 0.495 e. The predicted octanol–water partition coefficient (Wildman–Crippen LogP) is 2.54. The van der Waals surface area contributed by atoms with E-state index in [1.165, 1.54) is 0 Å². The van der Waals surface area contributed by atoms with Gasteiger partial charge in [0.2, 0.25) is 0 Å². The molecule has 1 saturated carbocycles. The highest BCUT2D eigenvalue weighted by Crippen LogP contribution is 2.71. The summed E-state index contributed by atoms with van der Waals surface area (Å²) < 4.78 is 7.20. The number of rotatable bonds is 3. The SMILES string of the molecule is COc1cc(-c2nnnn2C2C(C)(C)C2(C)C)ccc1N. The number of aromatic nitrogens is 4. The molecule has 1 aliphatic carbocycles. The number of hydrogen-bond donors (Lipinski definition) is 1. The molecular weight excluding hydrogens is 266 g/mol. The van der Waals surface area contributed by atoms with Gasteiger partial charge in [-0.25, -0.2) is 4.68 Å². The van der Waals surface area contributed by atoms with E-state index < -0.39 is 0 Å². The van der Waals surface area contributed by atoms with Gasteiger partial charge >= 0.3 is 0 Å². The lowest BCUT2D eigenvalue weighted by Crippen LogP contribution is -2.06. The Hall–Kier alpha value is -2.11. The maximum atomic E-state index is 5.87. The van der Waals surface area contributed by atoms with Crippen molar-refractivity contribution in [3.63, 3.8) is 0 Å². The Labute approximate surface area is 124 Å².